The maximum absolute atomic E-state index is 6.07. The van der Waals surface area contributed by atoms with E-state index in [1.165, 1.54) is 0 Å². The Balaban J connectivity index is 2.28. The zero-order valence-electron chi connectivity index (χ0n) is 9.29. The zero-order chi connectivity index (χ0) is 13.1. The molecular formula is C13H10Br2ClNO. The molecule has 0 aliphatic heterocycles. The summed E-state index contributed by atoms with van der Waals surface area (Å²) in [6.07, 6.45) is 0. The van der Waals surface area contributed by atoms with Crippen molar-refractivity contribution in [1.29, 1.82) is 0 Å². The topological polar surface area (TPSA) is 35.2 Å². The monoisotopic (exact) mass is 389 g/mol. The van der Waals surface area contributed by atoms with Crippen molar-refractivity contribution in [3.8, 4) is 11.5 Å². The first-order chi connectivity index (χ1) is 8.60. The lowest BCUT2D eigenvalue weighted by Gasteiger charge is -2.09. The third-order valence-electron chi connectivity index (χ3n) is 2.37. The summed E-state index contributed by atoms with van der Waals surface area (Å²) in [6, 6.07) is 11.1. The minimum atomic E-state index is 0.485. The first-order valence-corrected chi connectivity index (χ1v) is 7.18. The van der Waals surface area contributed by atoms with Crippen molar-refractivity contribution in [2.75, 3.05) is 0 Å². The summed E-state index contributed by atoms with van der Waals surface area (Å²) in [5, 5.41) is 0.567. The molecule has 18 heavy (non-hydrogen) atoms. The van der Waals surface area contributed by atoms with Crippen LogP contribution in [0.1, 0.15) is 5.56 Å². The predicted molar refractivity (Wildman–Crippen MR) is 81.3 cm³/mol. The van der Waals surface area contributed by atoms with E-state index in [0.717, 1.165) is 14.5 Å². The summed E-state index contributed by atoms with van der Waals surface area (Å²) < 4.78 is 7.58. The molecule has 2 aromatic carbocycles. The first-order valence-electron chi connectivity index (χ1n) is 5.21. The minimum Gasteiger partial charge on any atom is -0.456 e. The molecule has 0 bridgehead atoms. The molecule has 5 heteroatoms. The highest BCUT2D eigenvalue weighted by Gasteiger charge is 2.06. The van der Waals surface area contributed by atoms with E-state index in [2.05, 4.69) is 31.9 Å². The van der Waals surface area contributed by atoms with Gasteiger partial charge in [0.2, 0.25) is 0 Å². The summed E-state index contributed by atoms with van der Waals surface area (Å²) in [7, 11) is 0. The normalized spacial score (nSPS) is 10.4. The first kappa shape index (κ1) is 13.9. The number of halogens is 3. The van der Waals surface area contributed by atoms with Crippen molar-refractivity contribution in [3.05, 3.63) is 55.9 Å². The average Bonchev–Trinajstić information content (AvgIpc) is 2.34. The van der Waals surface area contributed by atoms with Crippen LogP contribution in [0, 0.1) is 0 Å². The van der Waals surface area contributed by atoms with E-state index >= 15 is 0 Å². The maximum Gasteiger partial charge on any atom is 0.147 e. The second kappa shape index (κ2) is 6.06. The number of hydrogen-bond acceptors (Lipinski definition) is 2. The van der Waals surface area contributed by atoms with E-state index in [-0.39, 0.29) is 0 Å². The fraction of sp³-hybridized carbons (Fsp3) is 0.0769. The van der Waals surface area contributed by atoms with Crippen molar-refractivity contribution in [1.82, 2.24) is 0 Å². The number of hydrogen-bond donors (Lipinski definition) is 1. The largest absolute Gasteiger partial charge is 0.456 e. The van der Waals surface area contributed by atoms with Crippen LogP contribution in [0.5, 0.6) is 11.5 Å². The fourth-order valence-corrected chi connectivity index (χ4v) is 2.46. The molecule has 0 aliphatic carbocycles. The van der Waals surface area contributed by atoms with E-state index in [4.69, 9.17) is 22.1 Å². The average molecular weight is 391 g/mol. The molecule has 94 valence electrons. The second-order valence-corrected chi connectivity index (χ2v) is 5.81. The molecular weight excluding hydrogens is 381 g/mol. The van der Waals surface area contributed by atoms with Crippen LogP contribution >= 0.6 is 43.5 Å². The lowest BCUT2D eigenvalue weighted by atomic mass is 10.2. The van der Waals surface area contributed by atoms with Crippen LogP contribution in [0.4, 0.5) is 0 Å². The quantitative estimate of drug-likeness (QED) is 0.789. The molecule has 0 fully saturated rings. The van der Waals surface area contributed by atoms with Gasteiger partial charge in [-0.15, -0.1) is 0 Å². The minimum absolute atomic E-state index is 0.485. The van der Waals surface area contributed by atoms with Gasteiger partial charge in [0.05, 0.1) is 5.02 Å². The molecule has 2 rings (SSSR count). The number of benzene rings is 2. The van der Waals surface area contributed by atoms with Crippen LogP contribution in [0.15, 0.2) is 45.3 Å². The van der Waals surface area contributed by atoms with E-state index in [0.29, 0.717) is 23.1 Å². The predicted octanol–water partition coefficient (Wildman–Crippen LogP) is 5.12. The highest BCUT2D eigenvalue weighted by Crippen LogP contribution is 2.33. The Morgan fingerprint density at radius 2 is 1.89 bits per heavy atom. The van der Waals surface area contributed by atoms with Crippen LogP contribution in [0.2, 0.25) is 5.02 Å². The van der Waals surface area contributed by atoms with Crippen molar-refractivity contribution < 1.29 is 4.74 Å². The van der Waals surface area contributed by atoms with Gasteiger partial charge in [-0.2, -0.15) is 0 Å². The van der Waals surface area contributed by atoms with Gasteiger partial charge in [0.25, 0.3) is 0 Å². The fourth-order valence-electron chi connectivity index (χ4n) is 1.44. The number of nitrogens with two attached hydrogens (primary N) is 1. The summed E-state index contributed by atoms with van der Waals surface area (Å²) in [4.78, 5) is 0. The van der Waals surface area contributed by atoms with Gasteiger partial charge < -0.3 is 10.5 Å². The molecule has 0 aromatic heterocycles. The second-order valence-electron chi connectivity index (χ2n) is 3.63. The Labute approximate surface area is 127 Å². The molecule has 0 saturated heterocycles. The Kier molecular flexibility index (Phi) is 4.67. The molecule has 0 unspecified atom stereocenters. The molecule has 0 saturated carbocycles. The summed E-state index contributed by atoms with van der Waals surface area (Å²) >= 11 is 12.9. The Morgan fingerprint density at radius 1 is 1.11 bits per heavy atom. The van der Waals surface area contributed by atoms with Crippen LogP contribution in [-0.4, -0.2) is 0 Å². The molecule has 2 aromatic rings. The van der Waals surface area contributed by atoms with Gasteiger partial charge in [0.15, 0.2) is 0 Å². The Bertz CT molecular complexity index is 575. The molecule has 0 spiro atoms. The smallest absolute Gasteiger partial charge is 0.147 e. The van der Waals surface area contributed by atoms with Crippen LogP contribution in [0.3, 0.4) is 0 Å². The van der Waals surface area contributed by atoms with Gasteiger partial charge in [0, 0.05) is 15.5 Å². The van der Waals surface area contributed by atoms with Crippen LogP contribution < -0.4 is 10.5 Å². The lowest BCUT2D eigenvalue weighted by Crippen LogP contribution is -1.97. The summed E-state index contributed by atoms with van der Waals surface area (Å²) in [5.41, 5.74) is 6.63. The highest BCUT2D eigenvalue weighted by molar-refractivity contribution is 9.10. The van der Waals surface area contributed by atoms with Gasteiger partial charge >= 0.3 is 0 Å². The SMILES string of the molecule is NCc1ccc(Oc2cc(Br)ccc2Cl)cc1Br. The van der Waals surface area contributed by atoms with Crippen LogP contribution in [-0.2, 0) is 6.54 Å². The van der Waals surface area contributed by atoms with Crippen LogP contribution in [0.25, 0.3) is 0 Å². The van der Waals surface area contributed by atoms with Gasteiger partial charge in [0.1, 0.15) is 11.5 Å². The van der Waals surface area contributed by atoms with E-state index in [9.17, 15) is 0 Å². The number of ether oxygens (including phenoxy) is 1. The Hall–Kier alpha value is -0.550. The Morgan fingerprint density at radius 3 is 2.56 bits per heavy atom. The summed E-state index contributed by atoms with van der Waals surface area (Å²) in [5.74, 6) is 1.32. The molecule has 0 atom stereocenters. The van der Waals surface area contributed by atoms with E-state index in [1.54, 1.807) is 6.07 Å². The van der Waals surface area contributed by atoms with Gasteiger partial charge in [-0.25, -0.2) is 0 Å². The molecule has 0 radical (unpaired) electrons. The lowest BCUT2D eigenvalue weighted by molar-refractivity contribution is 0.482. The van der Waals surface area contributed by atoms with Crippen molar-refractivity contribution in [2.24, 2.45) is 5.73 Å². The van der Waals surface area contributed by atoms with E-state index in [1.807, 2.05) is 30.3 Å². The van der Waals surface area contributed by atoms with Gasteiger partial charge in [-0.1, -0.05) is 49.5 Å². The third-order valence-corrected chi connectivity index (χ3v) is 3.91. The molecule has 0 aliphatic rings. The van der Waals surface area contributed by atoms with Crippen molar-refractivity contribution in [3.63, 3.8) is 0 Å². The zero-order valence-corrected chi connectivity index (χ0v) is 13.2. The summed E-state index contributed by atoms with van der Waals surface area (Å²) in [6.45, 7) is 0.485. The van der Waals surface area contributed by atoms with Crippen molar-refractivity contribution >= 4 is 43.5 Å². The standard InChI is InChI=1S/C13H10Br2ClNO/c14-9-2-4-12(16)13(5-9)18-10-3-1-8(7-17)11(15)6-10/h1-6H,7,17H2. The van der Waals surface area contributed by atoms with Gasteiger partial charge in [-0.05, 0) is 35.9 Å². The van der Waals surface area contributed by atoms with Gasteiger partial charge in [-0.3, -0.25) is 0 Å². The molecule has 0 amide bonds. The third kappa shape index (κ3) is 3.26. The van der Waals surface area contributed by atoms with Crippen molar-refractivity contribution in [2.45, 2.75) is 6.54 Å². The number of rotatable bonds is 3. The molecule has 2 nitrogen and oxygen atoms in total. The molecule has 0 heterocycles. The molecule has 2 N–H and O–H groups in total. The van der Waals surface area contributed by atoms with E-state index < -0.39 is 0 Å². The highest BCUT2D eigenvalue weighted by atomic mass is 79.9. The maximum atomic E-state index is 6.07.